The topological polar surface area (TPSA) is 43.0 Å². The predicted molar refractivity (Wildman–Crippen MR) is 102 cm³/mol. The summed E-state index contributed by atoms with van der Waals surface area (Å²) < 4.78 is 4.95. The van der Waals surface area contributed by atoms with Gasteiger partial charge in [0.15, 0.2) is 0 Å². The maximum Gasteiger partial charge on any atom is 0.0914 e. The van der Waals surface area contributed by atoms with Gasteiger partial charge in [0.2, 0.25) is 0 Å². The van der Waals surface area contributed by atoms with Gasteiger partial charge >= 0.3 is 0 Å². The molecule has 2 heterocycles. The summed E-state index contributed by atoms with van der Waals surface area (Å²) in [5.41, 5.74) is 5.28. The van der Waals surface area contributed by atoms with Crippen molar-refractivity contribution in [2.75, 3.05) is 0 Å². The molecule has 0 bridgehead atoms. The van der Waals surface area contributed by atoms with Gasteiger partial charge < -0.3 is 9.67 Å². The number of benzene rings is 1. The number of nitrogens with zero attached hydrogens (tertiary/aromatic N) is 3. The minimum Gasteiger partial charge on any atom is -0.389 e. The Balaban J connectivity index is 1.92. The second kappa shape index (κ2) is 6.54. The van der Waals surface area contributed by atoms with Crippen molar-refractivity contribution < 1.29 is 5.11 Å². The molecule has 0 fully saturated rings. The Morgan fingerprint density at radius 3 is 2.50 bits per heavy atom. The van der Waals surface area contributed by atoms with Crippen LogP contribution in [-0.4, -0.2) is 25.6 Å². The predicted octanol–water partition coefficient (Wildman–Crippen LogP) is 4.55. The van der Waals surface area contributed by atoms with Crippen LogP contribution in [0.5, 0.6) is 0 Å². The highest BCUT2D eigenvalue weighted by Gasteiger charge is 2.18. The molecule has 0 amide bonds. The van der Waals surface area contributed by atoms with E-state index in [-0.39, 0.29) is 0 Å². The van der Waals surface area contributed by atoms with Gasteiger partial charge in [0.05, 0.1) is 39.9 Å². The summed E-state index contributed by atoms with van der Waals surface area (Å²) in [7, 11) is 0. The van der Waals surface area contributed by atoms with Crippen molar-refractivity contribution in [1.29, 1.82) is 0 Å². The molecule has 24 heavy (non-hydrogen) atoms. The molecule has 1 atom stereocenters. The van der Waals surface area contributed by atoms with Crippen LogP contribution < -0.4 is 0 Å². The van der Waals surface area contributed by atoms with Crippen LogP contribution in [0.15, 0.2) is 22.7 Å². The zero-order valence-corrected chi connectivity index (χ0v) is 16.6. The molecule has 0 aliphatic rings. The van der Waals surface area contributed by atoms with Crippen LogP contribution in [0.2, 0.25) is 5.02 Å². The molecule has 2 aromatic heterocycles. The van der Waals surface area contributed by atoms with E-state index in [0.29, 0.717) is 18.1 Å². The van der Waals surface area contributed by atoms with Crippen LogP contribution in [-0.2, 0) is 13.1 Å². The van der Waals surface area contributed by atoms with Gasteiger partial charge in [0, 0.05) is 16.8 Å². The first-order valence-corrected chi connectivity index (χ1v) is 9.09. The first-order chi connectivity index (χ1) is 11.3. The van der Waals surface area contributed by atoms with Gasteiger partial charge in [0.25, 0.3) is 0 Å². The second-order valence-electron chi connectivity index (χ2n) is 6.28. The second-order valence-corrected chi connectivity index (χ2v) is 7.48. The van der Waals surface area contributed by atoms with E-state index < -0.39 is 6.10 Å². The zero-order chi connectivity index (χ0) is 17.6. The molecule has 1 aromatic carbocycles. The molecule has 4 nitrogen and oxygen atoms in total. The zero-order valence-electron chi connectivity index (χ0n) is 14.3. The summed E-state index contributed by atoms with van der Waals surface area (Å²) in [5.74, 6) is 0. The van der Waals surface area contributed by atoms with E-state index in [4.69, 9.17) is 11.6 Å². The first-order valence-electron chi connectivity index (χ1n) is 7.92. The fourth-order valence-electron chi connectivity index (χ4n) is 3.21. The Kier molecular flexibility index (Phi) is 4.78. The summed E-state index contributed by atoms with van der Waals surface area (Å²) in [6.07, 6.45) is -0.556. The van der Waals surface area contributed by atoms with Crippen LogP contribution in [0, 0.1) is 27.7 Å². The summed E-state index contributed by atoms with van der Waals surface area (Å²) in [6, 6.07) is 5.93. The fourth-order valence-corrected chi connectivity index (χ4v) is 3.77. The largest absolute Gasteiger partial charge is 0.389 e. The number of halogens is 2. The van der Waals surface area contributed by atoms with Crippen molar-refractivity contribution in [2.24, 2.45) is 0 Å². The third-order valence-electron chi connectivity index (χ3n) is 4.68. The number of hydrogen-bond donors (Lipinski definition) is 1. The van der Waals surface area contributed by atoms with E-state index in [9.17, 15) is 5.11 Å². The highest BCUT2D eigenvalue weighted by Crippen LogP contribution is 2.31. The van der Waals surface area contributed by atoms with E-state index in [2.05, 4.69) is 45.5 Å². The number of aromatic nitrogens is 3. The molecule has 1 N–H and O–H groups in total. The Morgan fingerprint density at radius 1 is 1.17 bits per heavy atom. The van der Waals surface area contributed by atoms with Gasteiger partial charge in [0.1, 0.15) is 0 Å². The van der Waals surface area contributed by atoms with Gasteiger partial charge in [-0.15, -0.1) is 0 Å². The molecule has 0 saturated carbocycles. The number of aliphatic hydroxyl groups excluding tert-OH is 1. The van der Waals surface area contributed by atoms with E-state index in [1.165, 1.54) is 5.56 Å². The quantitative estimate of drug-likeness (QED) is 0.686. The normalized spacial score (nSPS) is 13.0. The SMILES string of the molecule is Cc1nn(CC(O)Cn2c(C)c(C)c3cccc(Cl)c32)c(C)c1Br. The van der Waals surface area contributed by atoms with E-state index in [0.717, 1.165) is 32.5 Å². The number of rotatable bonds is 4. The molecule has 3 aromatic rings. The maximum atomic E-state index is 10.6. The third kappa shape index (κ3) is 2.89. The maximum absolute atomic E-state index is 10.6. The fraction of sp³-hybridized carbons (Fsp3) is 0.389. The smallest absolute Gasteiger partial charge is 0.0914 e. The summed E-state index contributed by atoms with van der Waals surface area (Å²) in [4.78, 5) is 0. The lowest BCUT2D eigenvalue weighted by Crippen LogP contribution is -2.24. The van der Waals surface area contributed by atoms with E-state index in [1.807, 2.05) is 30.7 Å². The van der Waals surface area contributed by atoms with Gasteiger partial charge in [-0.1, -0.05) is 23.7 Å². The molecular weight excluding hydrogens is 390 g/mol. The highest BCUT2D eigenvalue weighted by atomic mass is 79.9. The summed E-state index contributed by atoms with van der Waals surface area (Å²) in [6.45, 7) is 9.03. The number of para-hydroxylation sites is 1. The monoisotopic (exact) mass is 409 g/mol. The number of fused-ring (bicyclic) bond motifs is 1. The lowest BCUT2D eigenvalue weighted by atomic mass is 10.2. The van der Waals surface area contributed by atoms with E-state index >= 15 is 0 Å². The molecule has 0 aliphatic heterocycles. The number of aliphatic hydroxyl groups is 1. The standard InChI is InChI=1S/C18H21BrClN3O/c1-10-12(3)22(18-15(10)6-5-7-16(18)20)8-14(24)9-23-13(4)17(19)11(2)21-23/h5-7,14,24H,8-9H2,1-4H3. The van der Waals surface area contributed by atoms with Gasteiger partial charge in [-0.2, -0.15) is 5.10 Å². The van der Waals surface area contributed by atoms with Gasteiger partial charge in [-0.3, -0.25) is 4.68 Å². The molecule has 1 unspecified atom stereocenters. The van der Waals surface area contributed by atoms with Crippen molar-refractivity contribution in [3.05, 3.63) is 50.3 Å². The van der Waals surface area contributed by atoms with Crippen LogP contribution >= 0.6 is 27.5 Å². The Hall–Kier alpha value is -1.30. The van der Waals surface area contributed by atoms with Crippen molar-refractivity contribution in [3.8, 4) is 0 Å². The van der Waals surface area contributed by atoms with E-state index in [1.54, 1.807) is 0 Å². The average Bonchev–Trinajstić information content (AvgIpc) is 2.92. The van der Waals surface area contributed by atoms with Crippen LogP contribution in [0.1, 0.15) is 22.6 Å². The van der Waals surface area contributed by atoms with Crippen molar-refractivity contribution in [2.45, 2.75) is 46.9 Å². The molecule has 6 heteroatoms. The molecule has 0 radical (unpaired) electrons. The summed E-state index contributed by atoms with van der Waals surface area (Å²) >= 11 is 9.94. The minimum absolute atomic E-state index is 0.445. The Morgan fingerprint density at radius 2 is 1.88 bits per heavy atom. The Bertz CT molecular complexity index is 913. The molecule has 0 saturated heterocycles. The molecule has 0 aliphatic carbocycles. The van der Waals surface area contributed by atoms with Crippen LogP contribution in [0.25, 0.3) is 10.9 Å². The molecular formula is C18H21BrClN3O. The lowest BCUT2D eigenvalue weighted by molar-refractivity contribution is 0.130. The van der Waals surface area contributed by atoms with Gasteiger partial charge in [-0.05, 0) is 55.3 Å². The number of hydrogen-bond acceptors (Lipinski definition) is 2. The van der Waals surface area contributed by atoms with Crippen molar-refractivity contribution >= 4 is 38.4 Å². The lowest BCUT2D eigenvalue weighted by Gasteiger charge is -2.16. The highest BCUT2D eigenvalue weighted by molar-refractivity contribution is 9.10. The van der Waals surface area contributed by atoms with Crippen LogP contribution in [0.4, 0.5) is 0 Å². The van der Waals surface area contributed by atoms with Crippen molar-refractivity contribution in [1.82, 2.24) is 14.3 Å². The third-order valence-corrected chi connectivity index (χ3v) is 6.13. The number of aryl methyl sites for hydroxylation is 2. The molecule has 0 spiro atoms. The molecule has 3 rings (SSSR count). The Labute approximate surface area is 155 Å². The van der Waals surface area contributed by atoms with Crippen LogP contribution in [0.3, 0.4) is 0 Å². The van der Waals surface area contributed by atoms with Crippen molar-refractivity contribution in [3.63, 3.8) is 0 Å². The molecule has 128 valence electrons. The first kappa shape index (κ1) is 17.5. The minimum atomic E-state index is -0.556. The summed E-state index contributed by atoms with van der Waals surface area (Å²) in [5, 5.41) is 17.0. The van der Waals surface area contributed by atoms with Gasteiger partial charge in [-0.25, -0.2) is 0 Å². The average molecular weight is 411 g/mol.